The number of carbonyl (C=O) groups is 1. The van der Waals surface area contributed by atoms with E-state index in [1.165, 1.54) is 38.8 Å². The number of piperidine rings is 1. The standard InChI is InChI=1S/C15H29N3O/c16-9-3-1-2-8-15(19)18-12-6-7-14(13-18)17-10-4-5-11-17/h14H,1-13,16H2. The molecule has 0 aliphatic carbocycles. The Labute approximate surface area is 117 Å². The van der Waals surface area contributed by atoms with Crippen LogP contribution in [0.4, 0.5) is 0 Å². The van der Waals surface area contributed by atoms with Gasteiger partial charge in [0, 0.05) is 25.6 Å². The van der Waals surface area contributed by atoms with Crippen LogP contribution in [0.1, 0.15) is 51.4 Å². The van der Waals surface area contributed by atoms with E-state index in [4.69, 9.17) is 5.73 Å². The largest absolute Gasteiger partial charge is 0.341 e. The molecule has 19 heavy (non-hydrogen) atoms. The molecule has 1 atom stereocenters. The van der Waals surface area contributed by atoms with E-state index < -0.39 is 0 Å². The van der Waals surface area contributed by atoms with Crippen LogP contribution in [0.2, 0.25) is 0 Å². The van der Waals surface area contributed by atoms with Gasteiger partial charge in [0.1, 0.15) is 0 Å². The Hall–Kier alpha value is -0.610. The Morgan fingerprint density at radius 2 is 1.84 bits per heavy atom. The third kappa shape index (κ3) is 4.46. The van der Waals surface area contributed by atoms with Crippen molar-refractivity contribution in [3.8, 4) is 0 Å². The molecule has 0 aromatic carbocycles. The second kappa shape index (κ2) is 7.85. The lowest BCUT2D eigenvalue weighted by atomic mass is 10.0. The van der Waals surface area contributed by atoms with Gasteiger partial charge in [0.2, 0.25) is 5.91 Å². The number of unbranched alkanes of at least 4 members (excludes halogenated alkanes) is 2. The van der Waals surface area contributed by atoms with Gasteiger partial charge in [-0.1, -0.05) is 6.42 Å². The maximum atomic E-state index is 12.2. The lowest BCUT2D eigenvalue weighted by molar-refractivity contribution is -0.133. The molecule has 0 radical (unpaired) electrons. The lowest BCUT2D eigenvalue weighted by Gasteiger charge is -2.37. The molecule has 2 aliphatic heterocycles. The Kier molecular flexibility index (Phi) is 6.11. The highest BCUT2D eigenvalue weighted by atomic mass is 16.2. The van der Waals surface area contributed by atoms with Crippen LogP contribution in [0.15, 0.2) is 0 Å². The first-order valence-electron chi connectivity index (χ1n) is 8.03. The summed E-state index contributed by atoms with van der Waals surface area (Å²) < 4.78 is 0. The molecule has 0 spiro atoms. The summed E-state index contributed by atoms with van der Waals surface area (Å²) >= 11 is 0. The van der Waals surface area contributed by atoms with Crippen molar-refractivity contribution in [1.82, 2.24) is 9.80 Å². The molecule has 0 aromatic rings. The fourth-order valence-electron chi connectivity index (χ4n) is 3.34. The maximum Gasteiger partial charge on any atom is 0.222 e. The second-order valence-corrected chi connectivity index (χ2v) is 5.98. The average Bonchev–Trinajstić information content (AvgIpc) is 2.98. The van der Waals surface area contributed by atoms with E-state index in [0.717, 1.165) is 38.9 Å². The predicted octanol–water partition coefficient (Wildman–Crippen LogP) is 1.59. The molecule has 2 aliphatic rings. The Morgan fingerprint density at radius 3 is 2.58 bits per heavy atom. The van der Waals surface area contributed by atoms with Crippen LogP contribution in [0.3, 0.4) is 0 Å². The van der Waals surface area contributed by atoms with Crippen molar-refractivity contribution in [1.29, 1.82) is 0 Å². The molecule has 2 heterocycles. The van der Waals surface area contributed by atoms with Gasteiger partial charge in [-0.05, 0) is 58.2 Å². The van der Waals surface area contributed by atoms with Gasteiger partial charge in [0.05, 0.1) is 0 Å². The highest BCUT2D eigenvalue weighted by Gasteiger charge is 2.28. The van der Waals surface area contributed by atoms with E-state index in [1.54, 1.807) is 0 Å². The molecule has 2 rings (SSSR count). The van der Waals surface area contributed by atoms with Crippen molar-refractivity contribution in [2.75, 3.05) is 32.7 Å². The Balaban J connectivity index is 1.71. The summed E-state index contributed by atoms with van der Waals surface area (Å²) in [6.45, 7) is 5.16. The Bertz CT molecular complexity index is 277. The van der Waals surface area contributed by atoms with Crippen molar-refractivity contribution < 1.29 is 4.79 Å². The van der Waals surface area contributed by atoms with Crippen molar-refractivity contribution in [2.24, 2.45) is 5.73 Å². The summed E-state index contributed by atoms with van der Waals surface area (Å²) in [6, 6.07) is 0.629. The van der Waals surface area contributed by atoms with Crippen LogP contribution in [0.25, 0.3) is 0 Å². The number of nitrogens with two attached hydrogens (primary N) is 1. The number of hydrogen-bond donors (Lipinski definition) is 1. The van der Waals surface area contributed by atoms with Crippen molar-refractivity contribution in [2.45, 2.75) is 57.4 Å². The molecule has 0 aromatic heterocycles. The molecule has 2 fully saturated rings. The molecule has 1 unspecified atom stereocenters. The van der Waals surface area contributed by atoms with Gasteiger partial charge < -0.3 is 10.6 Å². The number of carbonyl (C=O) groups excluding carboxylic acids is 1. The SMILES string of the molecule is NCCCCCC(=O)N1CCCC(N2CCCC2)C1. The minimum Gasteiger partial charge on any atom is -0.341 e. The van der Waals surface area contributed by atoms with E-state index in [1.807, 2.05) is 0 Å². The van der Waals surface area contributed by atoms with Gasteiger partial charge in [-0.2, -0.15) is 0 Å². The third-order valence-corrected chi connectivity index (χ3v) is 4.50. The van der Waals surface area contributed by atoms with Crippen LogP contribution in [0, 0.1) is 0 Å². The summed E-state index contributed by atoms with van der Waals surface area (Å²) in [6.07, 6.45) is 8.97. The van der Waals surface area contributed by atoms with Gasteiger partial charge in [-0.3, -0.25) is 9.69 Å². The molecule has 0 bridgehead atoms. The summed E-state index contributed by atoms with van der Waals surface area (Å²) in [5.74, 6) is 0.362. The average molecular weight is 267 g/mol. The number of hydrogen-bond acceptors (Lipinski definition) is 3. The van der Waals surface area contributed by atoms with Crippen molar-refractivity contribution in [3.63, 3.8) is 0 Å². The molecular formula is C15H29N3O. The third-order valence-electron chi connectivity index (χ3n) is 4.50. The number of nitrogens with zero attached hydrogens (tertiary/aromatic N) is 2. The monoisotopic (exact) mass is 267 g/mol. The molecule has 2 saturated heterocycles. The van der Waals surface area contributed by atoms with Gasteiger partial charge in [0.25, 0.3) is 0 Å². The summed E-state index contributed by atoms with van der Waals surface area (Å²) in [7, 11) is 0. The van der Waals surface area contributed by atoms with E-state index in [2.05, 4.69) is 9.80 Å². The van der Waals surface area contributed by atoms with Crippen LogP contribution >= 0.6 is 0 Å². The van der Waals surface area contributed by atoms with E-state index in [9.17, 15) is 4.79 Å². The van der Waals surface area contributed by atoms with Crippen LogP contribution in [0.5, 0.6) is 0 Å². The molecule has 0 saturated carbocycles. The first-order valence-corrected chi connectivity index (χ1v) is 8.03. The first kappa shape index (κ1) is 14.8. The molecule has 1 amide bonds. The van der Waals surface area contributed by atoms with Gasteiger partial charge in [-0.15, -0.1) is 0 Å². The highest BCUT2D eigenvalue weighted by molar-refractivity contribution is 5.76. The molecule has 4 nitrogen and oxygen atoms in total. The van der Waals surface area contributed by atoms with Gasteiger partial charge in [-0.25, -0.2) is 0 Å². The molecule has 2 N–H and O–H groups in total. The predicted molar refractivity (Wildman–Crippen MR) is 77.9 cm³/mol. The smallest absolute Gasteiger partial charge is 0.222 e. The molecular weight excluding hydrogens is 238 g/mol. The zero-order valence-corrected chi connectivity index (χ0v) is 12.1. The maximum absolute atomic E-state index is 12.2. The van der Waals surface area contributed by atoms with Crippen molar-refractivity contribution >= 4 is 5.91 Å². The Morgan fingerprint density at radius 1 is 1.05 bits per heavy atom. The van der Waals surface area contributed by atoms with E-state index in [-0.39, 0.29) is 0 Å². The topological polar surface area (TPSA) is 49.6 Å². The van der Waals surface area contributed by atoms with Crippen LogP contribution < -0.4 is 5.73 Å². The zero-order valence-electron chi connectivity index (χ0n) is 12.1. The quantitative estimate of drug-likeness (QED) is 0.744. The zero-order chi connectivity index (χ0) is 13.5. The summed E-state index contributed by atoms with van der Waals surface area (Å²) in [4.78, 5) is 16.9. The second-order valence-electron chi connectivity index (χ2n) is 5.98. The van der Waals surface area contributed by atoms with Crippen LogP contribution in [-0.2, 0) is 4.79 Å². The highest BCUT2D eigenvalue weighted by Crippen LogP contribution is 2.21. The van der Waals surface area contributed by atoms with Crippen LogP contribution in [-0.4, -0.2) is 54.5 Å². The van der Waals surface area contributed by atoms with Gasteiger partial charge >= 0.3 is 0 Å². The first-order chi connectivity index (χ1) is 9.31. The summed E-state index contributed by atoms with van der Waals surface area (Å²) in [5, 5.41) is 0. The normalized spacial score (nSPS) is 24.9. The number of rotatable bonds is 6. The fraction of sp³-hybridized carbons (Fsp3) is 0.933. The number of likely N-dealkylation sites (tertiary alicyclic amines) is 2. The fourth-order valence-corrected chi connectivity index (χ4v) is 3.34. The van der Waals surface area contributed by atoms with Gasteiger partial charge in [0.15, 0.2) is 0 Å². The molecule has 110 valence electrons. The minimum absolute atomic E-state index is 0.362. The van der Waals surface area contributed by atoms with E-state index >= 15 is 0 Å². The number of amides is 1. The molecule has 4 heteroatoms. The summed E-state index contributed by atoms with van der Waals surface area (Å²) in [5.41, 5.74) is 5.48. The lowest BCUT2D eigenvalue weighted by Crippen LogP contribution is -2.48. The minimum atomic E-state index is 0.362. The van der Waals surface area contributed by atoms with E-state index in [0.29, 0.717) is 18.4 Å². The van der Waals surface area contributed by atoms with Crippen molar-refractivity contribution in [3.05, 3.63) is 0 Å².